The molecule has 0 saturated carbocycles. The van der Waals surface area contributed by atoms with Crippen LogP contribution in [-0.2, 0) is 19.6 Å². The Labute approximate surface area is 155 Å². The number of nitrogens with two attached hydrogens (primary N) is 1. The molecule has 0 bridgehead atoms. The molecule has 3 nitrogen and oxygen atoms in total. The molecular formula is C23H26NO2+. The molecule has 3 heteroatoms. The molecule has 0 heterocycles. The summed E-state index contributed by atoms with van der Waals surface area (Å²) in [6.45, 7) is 2.65. The molecule has 0 amide bonds. The third kappa shape index (κ3) is 5.64. The molecule has 0 atom stereocenters. The molecule has 0 aliphatic carbocycles. The van der Waals surface area contributed by atoms with Gasteiger partial charge in [-0.05, 0) is 47.5 Å². The van der Waals surface area contributed by atoms with Gasteiger partial charge in [-0.2, -0.15) is 0 Å². The van der Waals surface area contributed by atoms with Gasteiger partial charge < -0.3 is 14.8 Å². The molecule has 26 heavy (non-hydrogen) atoms. The van der Waals surface area contributed by atoms with Crippen molar-refractivity contribution in [3.63, 3.8) is 0 Å². The summed E-state index contributed by atoms with van der Waals surface area (Å²) in [6, 6.07) is 26.9. The SMILES string of the molecule is COc1ccc(CC[NH2+]Cc2ccc(OCc3ccccc3)cc2)cc1. The molecule has 0 saturated heterocycles. The molecule has 2 N–H and O–H groups in total. The highest BCUT2D eigenvalue weighted by molar-refractivity contribution is 5.28. The zero-order chi connectivity index (χ0) is 18.0. The molecule has 134 valence electrons. The van der Waals surface area contributed by atoms with Gasteiger partial charge in [0.1, 0.15) is 24.7 Å². The predicted molar refractivity (Wildman–Crippen MR) is 104 cm³/mol. The average Bonchev–Trinajstić information content (AvgIpc) is 2.72. The summed E-state index contributed by atoms with van der Waals surface area (Å²) in [5.74, 6) is 1.82. The van der Waals surface area contributed by atoms with E-state index in [-0.39, 0.29) is 0 Å². The van der Waals surface area contributed by atoms with Crippen LogP contribution in [0.15, 0.2) is 78.9 Å². The van der Waals surface area contributed by atoms with E-state index in [9.17, 15) is 0 Å². The van der Waals surface area contributed by atoms with Crippen LogP contribution < -0.4 is 14.8 Å². The van der Waals surface area contributed by atoms with Crippen LogP contribution in [0.3, 0.4) is 0 Å². The Kier molecular flexibility index (Phi) is 6.68. The lowest BCUT2D eigenvalue weighted by Crippen LogP contribution is -2.83. The van der Waals surface area contributed by atoms with Crippen LogP contribution in [0.2, 0.25) is 0 Å². The van der Waals surface area contributed by atoms with Crippen LogP contribution in [0.25, 0.3) is 0 Å². The highest BCUT2D eigenvalue weighted by Crippen LogP contribution is 2.14. The molecule has 3 rings (SSSR count). The van der Waals surface area contributed by atoms with Gasteiger partial charge >= 0.3 is 0 Å². The largest absolute Gasteiger partial charge is 0.497 e. The molecule has 3 aromatic rings. The summed E-state index contributed by atoms with van der Waals surface area (Å²) in [5, 5.41) is 2.34. The lowest BCUT2D eigenvalue weighted by molar-refractivity contribution is -0.670. The van der Waals surface area contributed by atoms with E-state index in [1.165, 1.54) is 16.7 Å². The van der Waals surface area contributed by atoms with E-state index in [0.29, 0.717) is 6.61 Å². The van der Waals surface area contributed by atoms with Crippen molar-refractivity contribution >= 4 is 0 Å². The summed E-state index contributed by atoms with van der Waals surface area (Å²) < 4.78 is 11.0. The number of ether oxygens (including phenoxy) is 2. The Morgan fingerprint density at radius 1 is 0.692 bits per heavy atom. The van der Waals surface area contributed by atoms with Crippen molar-refractivity contribution < 1.29 is 14.8 Å². The minimum atomic E-state index is 0.605. The van der Waals surface area contributed by atoms with Crippen LogP contribution in [0.4, 0.5) is 0 Å². The quantitative estimate of drug-likeness (QED) is 0.600. The number of hydrogen-bond acceptors (Lipinski definition) is 2. The Hall–Kier alpha value is -2.78. The van der Waals surface area contributed by atoms with E-state index < -0.39 is 0 Å². The maximum absolute atomic E-state index is 5.83. The Bertz CT molecular complexity index is 768. The lowest BCUT2D eigenvalue weighted by atomic mass is 10.1. The first-order valence-electron chi connectivity index (χ1n) is 9.04. The highest BCUT2D eigenvalue weighted by Gasteiger charge is 2.00. The molecular weight excluding hydrogens is 322 g/mol. The van der Waals surface area contributed by atoms with Gasteiger partial charge in [-0.15, -0.1) is 0 Å². The van der Waals surface area contributed by atoms with Gasteiger partial charge in [0.2, 0.25) is 0 Å². The fourth-order valence-electron chi connectivity index (χ4n) is 2.79. The van der Waals surface area contributed by atoms with Gasteiger partial charge in [-0.25, -0.2) is 0 Å². The molecule has 0 aliphatic heterocycles. The van der Waals surface area contributed by atoms with Crippen molar-refractivity contribution in [2.75, 3.05) is 13.7 Å². The van der Waals surface area contributed by atoms with Crippen molar-refractivity contribution in [1.82, 2.24) is 0 Å². The fourth-order valence-corrected chi connectivity index (χ4v) is 2.79. The number of quaternary nitrogens is 1. The third-order valence-corrected chi connectivity index (χ3v) is 4.35. The molecule has 0 unspecified atom stereocenters. The number of methoxy groups -OCH3 is 1. The second kappa shape index (κ2) is 9.64. The van der Waals surface area contributed by atoms with E-state index >= 15 is 0 Å². The van der Waals surface area contributed by atoms with E-state index in [4.69, 9.17) is 9.47 Å². The standard InChI is InChI=1S/C23H25NO2/c1-25-22-11-7-19(8-12-22)15-16-24-17-20-9-13-23(14-10-20)26-18-21-5-3-2-4-6-21/h2-14,24H,15-18H2,1H3/p+1. The van der Waals surface area contributed by atoms with E-state index in [2.05, 4.69) is 53.8 Å². The van der Waals surface area contributed by atoms with Gasteiger partial charge in [-0.1, -0.05) is 42.5 Å². The molecule has 0 aromatic heterocycles. The van der Waals surface area contributed by atoms with Crippen LogP contribution in [-0.4, -0.2) is 13.7 Å². The van der Waals surface area contributed by atoms with Crippen LogP contribution in [0.5, 0.6) is 11.5 Å². The van der Waals surface area contributed by atoms with Crippen LogP contribution >= 0.6 is 0 Å². The summed E-state index contributed by atoms with van der Waals surface area (Å²) in [7, 11) is 1.70. The monoisotopic (exact) mass is 348 g/mol. The van der Waals surface area contributed by atoms with Crippen molar-refractivity contribution in [2.24, 2.45) is 0 Å². The summed E-state index contributed by atoms with van der Waals surface area (Å²) in [5.41, 5.74) is 3.84. The van der Waals surface area contributed by atoms with Gasteiger partial charge in [-0.3, -0.25) is 0 Å². The highest BCUT2D eigenvalue weighted by atomic mass is 16.5. The van der Waals surface area contributed by atoms with Crippen LogP contribution in [0, 0.1) is 0 Å². The van der Waals surface area contributed by atoms with Crippen LogP contribution in [0.1, 0.15) is 16.7 Å². The molecule has 0 aliphatic rings. The first-order chi connectivity index (χ1) is 12.8. The van der Waals surface area contributed by atoms with Gasteiger partial charge in [0.05, 0.1) is 13.7 Å². The first kappa shape index (κ1) is 18.0. The third-order valence-electron chi connectivity index (χ3n) is 4.35. The minimum Gasteiger partial charge on any atom is -0.497 e. The van der Waals surface area contributed by atoms with Crippen molar-refractivity contribution in [3.05, 3.63) is 95.6 Å². The van der Waals surface area contributed by atoms with Crippen molar-refractivity contribution in [1.29, 1.82) is 0 Å². The maximum Gasteiger partial charge on any atom is 0.119 e. The molecule has 3 aromatic carbocycles. The van der Waals surface area contributed by atoms with E-state index in [1.54, 1.807) is 7.11 Å². The Balaban J connectivity index is 1.38. The van der Waals surface area contributed by atoms with Gasteiger partial charge in [0.15, 0.2) is 0 Å². The molecule has 0 spiro atoms. The number of hydrogen-bond donors (Lipinski definition) is 1. The van der Waals surface area contributed by atoms with E-state index in [1.807, 2.05) is 30.3 Å². The van der Waals surface area contributed by atoms with Gasteiger partial charge in [0, 0.05) is 12.0 Å². The summed E-state index contributed by atoms with van der Waals surface area (Å²) >= 11 is 0. The second-order valence-corrected chi connectivity index (χ2v) is 6.30. The number of benzene rings is 3. The molecule has 0 radical (unpaired) electrons. The van der Waals surface area contributed by atoms with Crippen molar-refractivity contribution in [3.8, 4) is 11.5 Å². The first-order valence-corrected chi connectivity index (χ1v) is 9.04. The fraction of sp³-hybridized carbons (Fsp3) is 0.217. The van der Waals surface area contributed by atoms with Crippen molar-refractivity contribution in [2.45, 2.75) is 19.6 Å². The average molecular weight is 348 g/mol. The Morgan fingerprint density at radius 2 is 1.35 bits per heavy atom. The second-order valence-electron chi connectivity index (χ2n) is 6.30. The Morgan fingerprint density at radius 3 is 2.04 bits per heavy atom. The normalized spacial score (nSPS) is 10.5. The zero-order valence-electron chi connectivity index (χ0n) is 15.2. The smallest absolute Gasteiger partial charge is 0.119 e. The zero-order valence-corrected chi connectivity index (χ0v) is 15.2. The maximum atomic E-state index is 5.83. The summed E-state index contributed by atoms with van der Waals surface area (Å²) in [4.78, 5) is 0. The van der Waals surface area contributed by atoms with E-state index in [0.717, 1.165) is 31.0 Å². The lowest BCUT2D eigenvalue weighted by Gasteiger charge is -2.07. The predicted octanol–water partition coefficient (Wildman–Crippen LogP) is 3.58. The molecule has 0 fully saturated rings. The minimum absolute atomic E-state index is 0.605. The number of rotatable bonds is 9. The van der Waals surface area contributed by atoms with Gasteiger partial charge in [0.25, 0.3) is 0 Å². The topological polar surface area (TPSA) is 35.1 Å². The summed E-state index contributed by atoms with van der Waals surface area (Å²) in [6.07, 6.45) is 1.06.